The van der Waals surface area contributed by atoms with E-state index in [-0.39, 0.29) is 0 Å². The first-order chi connectivity index (χ1) is 7.75. The molecule has 0 aromatic rings. The highest BCUT2D eigenvalue weighted by Gasteiger charge is 2.20. The molecule has 16 heavy (non-hydrogen) atoms. The van der Waals surface area contributed by atoms with Gasteiger partial charge in [0.05, 0.1) is 0 Å². The summed E-state index contributed by atoms with van der Waals surface area (Å²) in [7, 11) is 0. The molecule has 3 nitrogen and oxygen atoms in total. The highest BCUT2D eigenvalue weighted by atomic mass is 16.4. The molecule has 3 heteroatoms. The van der Waals surface area contributed by atoms with E-state index in [0.29, 0.717) is 0 Å². The Hall–Kier alpha value is -1.09. The molecule has 1 unspecified atom stereocenters. The Morgan fingerprint density at radius 2 is 2.31 bits per heavy atom. The fraction of sp³-hybridized carbons (Fsp3) is 0.615. The van der Waals surface area contributed by atoms with Gasteiger partial charge in [0.15, 0.2) is 0 Å². The van der Waals surface area contributed by atoms with E-state index in [1.54, 1.807) is 0 Å². The van der Waals surface area contributed by atoms with Crippen molar-refractivity contribution in [3.05, 3.63) is 23.8 Å². The van der Waals surface area contributed by atoms with Crippen molar-refractivity contribution in [2.45, 2.75) is 45.1 Å². The van der Waals surface area contributed by atoms with E-state index in [9.17, 15) is 4.79 Å². The molecule has 0 heterocycles. The largest absolute Gasteiger partial charge is 0.480 e. The summed E-state index contributed by atoms with van der Waals surface area (Å²) in [6.45, 7) is 2.91. The van der Waals surface area contributed by atoms with Crippen molar-refractivity contribution < 1.29 is 9.90 Å². The van der Waals surface area contributed by atoms with Crippen molar-refractivity contribution in [2.75, 3.05) is 6.54 Å². The minimum atomic E-state index is -0.783. The third kappa shape index (κ3) is 4.19. The van der Waals surface area contributed by atoms with Crippen LogP contribution in [0.1, 0.15) is 39.0 Å². The molecule has 0 saturated heterocycles. The van der Waals surface area contributed by atoms with Gasteiger partial charge in [0.25, 0.3) is 0 Å². The summed E-state index contributed by atoms with van der Waals surface area (Å²) < 4.78 is 0. The van der Waals surface area contributed by atoms with Crippen molar-refractivity contribution in [1.29, 1.82) is 0 Å². The molecular weight excluding hydrogens is 202 g/mol. The second-order valence-electron chi connectivity index (χ2n) is 4.12. The topological polar surface area (TPSA) is 49.3 Å². The SMILES string of the molecule is CCCCCNC(C(=O)O)C1=CCCC=C1. The van der Waals surface area contributed by atoms with Crippen LogP contribution in [0.5, 0.6) is 0 Å². The lowest BCUT2D eigenvalue weighted by atomic mass is 10.00. The van der Waals surface area contributed by atoms with E-state index in [2.05, 4.69) is 12.2 Å². The summed E-state index contributed by atoms with van der Waals surface area (Å²) in [5, 5.41) is 12.2. The van der Waals surface area contributed by atoms with E-state index >= 15 is 0 Å². The molecule has 90 valence electrons. The number of nitrogens with one attached hydrogen (secondary N) is 1. The van der Waals surface area contributed by atoms with Crippen LogP contribution in [0.25, 0.3) is 0 Å². The van der Waals surface area contributed by atoms with Crippen LogP contribution in [0.2, 0.25) is 0 Å². The summed E-state index contributed by atoms with van der Waals surface area (Å²) in [5.74, 6) is -0.783. The van der Waals surface area contributed by atoms with Gasteiger partial charge in [-0.3, -0.25) is 4.79 Å². The molecule has 0 radical (unpaired) electrons. The number of carboxylic acid groups (broad SMARTS) is 1. The van der Waals surface area contributed by atoms with Crippen molar-refractivity contribution in [1.82, 2.24) is 5.32 Å². The van der Waals surface area contributed by atoms with Gasteiger partial charge in [0.2, 0.25) is 0 Å². The molecule has 0 amide bonds. The van der Waals surface area contributed by atoms with E-state index < -0.39 is 12.0 Å². The van der Waals surface area contributed by atoms with Crippen LogP contribution in [0.3, 0.4) is 0 Å². The zero-order chi connectivity index (χ0) is 11.8. The maximum atomic E-state index is 11.1. The van der Waals surface area contributed by atoms with Gasteiger partial charge in [-0.1, -0.05) is 38.0 Å². The first kappa shape index (κ1) is 13.0. The molecule has 0 aromatic carbocycles. The number of carboxylic acids is 1. The lowest BCUT2D eigenvalue weighted by Crippen LogP contribution is -2.38. The number of allylic oxidation sites excluding steroid dienone is 2. The van der Waals surface area contributed by atoms with Gasteiger partial charge in [-0.15, -0.1) is 0 Å². The molecule has 1 aliphatic rings. The number of rotatable bonds is 7. The van der Waals surface area contributed by atoms with Gasteiger partial charge in [0.1, 0.15) is 6.04 Å². The number of unbranched alkanes of at least 4 members (excludes halogenated alkanes) is 2. The zero-order valence-electron chi connectivity index (χ0n) is 9.91. The lowest BCUT2D eigenvalue weighted by Gasteiger charge is -2.17. The van der Waals surface area contributed by atoms with Crippen LogP contribution in [0, 0.1) is 0 Å². The van der Waals surface area contributed by atoms with Gasteiger partial charge in [-0.2, -0.15) is 0 Å². The van der Waals surface area contributed by atoms with Crippen molar-refractivity contribution >= 4 is 5.97 Å². The Kier molecular flexibility index (Phi) is 5.86. The number of hydrogen-bond donors (Lipinski definition) is 2. The zero-order valence-corrected chi connectivity index (χ0v) is 9.91. The molecule has 2 N–H and O–H groups in total. The molecule has 1 atom stereocenters. The Bertz CT molecular complexity index is 282. The molecule has 0 saturated carbocycles. The number of hydrogen-bond acceptors (Lipinski definition) is 2. The standard InChI is InChI=1S/C13H21NO2/c1-2-3-7-10-14-12(13(15)16)11-8-5-4-6-9-11/h5,8-9,12,14H,2-4,6-7,10H2,1H3,(H,15,16). The first-order valence-electron chi connectivity index (χ1n) is 6.08. The van der Waals surface area contributed by atoms with Gasteiger partial charge in [-0.25, -0.2) is 0 Å². The lowest BCUT2D eigenvalue weighted by molar-refractivity contribution is -0.138. The molecule has 1 rings (SSSR count). The van der Waals surface area contributed by atoms with Crippen LogP contribution in [0.15, 0.2) is 23.8 Å². The van der Waals surface area contributed by atoms with Crippen LogP contribution in [-0.2, 0) is 4.79 Å². The summed E-state index contributed by atoms with van der Waals surface area (Å²) in [6, 6.07) is -0.534. The molecule has 0 bridgehead atoms. The maximum Gasteiger partial charge on any atom is 0.325 e. The quantitative estimate of drug-likeness (QED) is 0.652. The smallest absolute Gasteiger partial charge is 0.325 e. The van der Waals surface area contributed by atoms with Crippen LogP contribution in [-0.4, -0.2) is 23.7 Å². The number of aliphatic carboxylic acids is 1. The summed E-state index contributed by atoms with van der Waals surface area (Å²) in [6.07, 6.45) is 11.3. The van der Waals surface area contributed by atoms with Gasteiger partial charge < -0.3 is 10.4 Å². The van der Waals surface area contributed by atoms with Crippen LogP contribution >= 0.6 is 0 Å². The van der Waals surface area contributed by atoms with Crippen molar-refractivity contribution in [3.63, 3.8) is 0 Å². The second kappa shape index (κ2) is 7.23. The fourth-order valence-corrected chi connectivity index (χ4v) is 1.82. The Morgan fingerprint density at radius 3 is 2.88 bits per heavy atom. The van der Waals surface area contributed by atoms with Gasteiger partial charge >= 0.3 is 5.97 Å². The highest BCUT2D eigenvalue weighted by molar-refractivity contribution is 5.78. The van der Waals surface area contributed by atoms with Crippen LogP contribution in [0.4, 0.5) is 0 Å². The molecule has 0 aliphatic heterocycles. The molecular formula is C13H21NO2. The molecule has 0 spiro atoms. The third-order valence-corrected chi connectivity index (χ3v) is 2.73. The highest BCUT2D eigenvalue weighted by Crippen LogP contribution is 2.13. The predicted molar refractivity (Wildman–Crippen MR) is 65.4 cm³/mol. The van der Waals surface area contributed by atoms with Gasteiger partial charge in [0, 0.05) is 0 Å². The maximum absolute atomic E-state index is 11.1. The Morgan fingerprint density at radius 1 is 1.50 bits per heavy atom. The average molecular weight is 223 g/mol. The monoisotopic (exact) mass is 223 g/mol. The van der Waals surface area contributed by atoms with Crippen molar-refractivity contribution in [3.8, 4) is 0 Å². The Balaban J connectivity index is 2.44. The van der Waals surface area contributed by atoms with E-state index in [1.165, 1.54) is 0 Å². The summed E-state index contributed by atoms with van der Waals surface area (Å²) in [4.78, 5) is 11.1. The summed E-state index contributed by atoms with van der Waals surface area (Å²) >= 11 is 0. The number of carbonyl (C=O) groups is 1. The molecule has 0 aromatic heterocycles. The van der Waals surface area contributed by atoms with Crippen LogP contribution < -0.4 is 5.32 Å². The fourth-order valence-electron chi connectivity index (χ4n) is 1.82. The second-order valence-corrected chi connectivity index (χ2v) is 4.12. The average Bonchev–Trinajstić information content (AvgIpc) is 2.30. The van der Waals surface area contributed by atoms with Gasteiger partial charge in [-0.05, 0) is 31.4 Å². The Labute approximate surface area is 97.2 Å². The molecule has 0 fully saturated rings. The van der Waals surface area contributed by atoms with Crippen molar-refractivity contribution in [2.24, 2.45) is 0 Å². The normalized spacial score (nSPS) is 16.9. The van der Waals surface area contributed by atoms with E-state index in [1.807, 2.05) is 18.2 Å². The molecule has 1 aliphatic carbocycles. The summed E-state index contributed by atoms with van der Waals surface area (Å²) in [5.41, 5.74) is 0.898. The minimum Gasteiger partial charge on any atom is -0.480 e. The third-order valence-electron chi connectivity index (χ3n) is 2.73. The minimum absolute atomic E-state index is 0.534. The van der Waals surface area contributed by atoms with E-state index in [0.717, 1.165) is 44.2 Å². The van der Waals surface area contributed by atoms with E-state index in [4.69, 9.17) is 5.11 Å². The first-order valence-corrected chi connectivity index (χ1v) is 6.08. The predicted octanol–water partition coefficient (Wildman–Crippen LogP) is 2.50.